The SMILES string of the molecule is COc1cc(C(=O)Nc2ccc(C)c(NC(=O)c3cc(OC)c(OC)c(OC)c3)c2)cc(OC)c1OC. The van der Waals surface area contributed by atoms with Crippen LogP contribution in [0.2, 0.25) is 0 Å². The van der Waals surface area contributed by atoms with Gasteiger partial charge in [-0.1, -0.05) is 6.07 Å². The van der Waals surface area contributed by atoms with E-state index in [2.05, 4.69) is 10.6 Å². The van der Waals surface area contributed by atoms with Gasteiger partial charge in [0.05, 0.1) is 42.7 Å². The van der Waals surface area contributed by atoms with E-state index in [4.69, 9.17) is 28.4 Å². The van der Waals surface area contributed by atoms with Crippen LogP contribution < -0.4 is 39.1 Å². The molecule has 0 bridgehead atoms. The first-order chi connectivity index (χ1) is 17.8. The van der Waals surface area contributed by atoms with E-state index < -0.39 is 11.8 Å². The van der Waals surface area contributed by atoms with Crippen LogP contribution in [0.5, 0.6) is 34.5 Å². The van der Waals surface area contributed by atoms with Crippen molar-refractivity contribution in [3.8, 4) is 34.5 Å². The van der Waals surface area contributed by atoms with Gasteiger partial charge < -0.3 is 39.1 Å². The van der Waals surface area contributed by atoms with Crippen LogP contribution >= 0.6 is 0 Å². The number of amides is 2. The number of nitrogens with one attached hydrogen (secondary N) is 2. The number of benzene rings is 3. The van der Waals surface area contributed by atoms with E-state index in [0.717, 1.165) is 5.56 Å². The maximum atomic E-state index is 13.1. The van der Waals surface area contributed by atoms with Gasteiger partial charge in [-0.2, -0.15) is 0 Å². The van der Waals surface area contributed by atoms with Gasteiger partial charge in [0.2, 0.25) is 11.5 Å². The minimum absolute atomic E-state index is 0.304. The first-order valence-electron chi connectivity index (χ1n) is 11.1. The lowest BCUT2D eigenvalue weighted by Gasteiger charge is -2.16. The van der Waals surface area contributed by atoms with Gasteiger partial charge in [0.1, 0.15) is 0 Å². The van der Waals surface area contributed by atoms with Gasteiger partial charge in [-0.25, -0.2) is 0 Å². The van der Waals surface area contributed by atoms with Crippen LogP contribution in [0.4, 0.5) is 11.4 Å². The average Bonchev–Trinajstić information content (AvgIpc) is 2.92. The fourth-order valence-corrected chi connectivity index (χ4v) is 3.66. The van der Waals surface area contributed by atoms with Gasteiger partial charge in [-0.05, 0) is 48.9 Å². The van der Waals surface area contributed by atoms with Crippen molar-refractivity contribution in [2.45, 2.75) is 6.92 Å². The van der Waals surface area contributed by atoms with E-state index >= 15 is 0 Å². The molecule has 0 aliphatic rings. The number of hydrogen-bond donors (Lipinski definition) is 2. The summed E-state index contributed by atoms with van der Waals surface area (Å²) in [5.41, 5.74) is 2.40. The molecule has 0 aliphatic carbocycles. The molecule has 0 heterocycles. The molecule has 0 spiro atoms. The second-order valence-electron chi connectivity index (χ2n) is 7.77. The maximum Gasteiger partial charge on any atom is 0.255 e. The van der Waals surface area contributed by atoms with Crippen molar-refractivity contribution < 1.29 is 38.0 Å². The number of hydrogen-bond acceptors (Lipinski definition) is 8. The Kier molecular flexibility index (Phi) is 8.68. The van der Waals surface area contributed by atoms with E-state index in [0.29, 0.717) is 57.0 Å². The first-order valence-corrected chi connectivity index (χ1v) is 11.1. The highest BCUT2D eigenvalue weighted by atomic mass is 16.5. The molecule has 3 aromatic carbocycles. The highest BCUT2D eigenvalue weighted by Crippen LogP contribution is 2.39. The summed E-state index contributed by atoms with van der Waals surface area (Å²) in [6, 6.07) is 11.4. The zero-order valence-corrected chi connectivity index (χ0v) is 21.8. The van der Waals surface area contributed by atoms with Crippen molar-refractivity contribution in [3.63, 3.8) is 0 Å². The second kappa shape index (κ2) is 11.9. The molecule has 3 aromatic rings. The number of ether oxygens (including phenoxy) is 6. The largest absolute Gasteiger partial charge is 0.493 e. The molecule has 2 amide bonds. The summed E-state index contributed by atoms with van der Waals surface area (Å²) in [7, 11) is 8.87. The fourth-order valence-electron chi connectivity index (χ4n) is 3.66. The number of aryl methyl sites for hydroxylation is 1. The van der Waals surface area contributed by atoms with Crippen LogP contribution in [-0.2, 0) is 0 Å². The highest BCUT2D eigenvalue weighted by Gasteiger charge is 2.19. The first kappa shape index (κ1) is 27.0. The van der Waals surface area contributed by atoms with E-state index in [1.54, 1.807) is 42.5 Å². The zero-order chi connectivity index (χ0) is 27.1. The Bertz CT molecular complexity index is 1260. The Morgan fingerprint density at radius 3 is 1.35 bits per heavy atom. The summed E-state index contributed by atoms with van der Waals surface area (Å²) in [6.07, 6.45) is 0. The molecule has 0 aliphatic heterocycles. The molecule has 196 valence electrons. The minimum atomic E-state index is -0.398. The molecular formula is C27H30N2O8. The predicted octanol–water partition coefficient (Wildman–Crippen LogP) is 4.55. The molecule has 0 fully saturated rings. The lowest BCUT2D eigenvalue weighted by molar-refractivity contribution is 0.101. The van der Waals surface area contributed by atoms with Gasteiger partial charge in [0.15, 0.2) is 23.0 Å². The topological polar surface area (TPSA) is 114 Å². The number of carbonyl (C=O) groups is 2. The molecule has 0 radical (unpaired) electrons. The number of rotatable bonds is 10. The Morgan fingerprint density at radius 1 is 0.568 bits per heavy atom. The Labute approximate surface area is 215 Å². The van der Waals surface area contributed by atoms with Crippen molar-refractivity contribution in [2.75, 3.05) is 53.3 Å². The van der Waals surface area contributed by atoms with Gasteiger partial charge in [-0.3, -0.25) is 9.59 Å². The fraction of sp³-hybridized carbons (Fsp3) is 0.259. The van der Waals surface area contributed by atoms with Gasteiger partial charge in [0, 0.05) is 22.5 Å². The molecule has 10 heteroatoms. The van der Waals surface area contributed by atoms with Gasteiger partial charge in [-0.15, -0.1) is 0 Å². The number of carbonyl (C=O) groups excluding carboxylic acids is 2. The van der Waals surface area contributed by atoms with Crippen LogP contribution in [0.25, 0.3) is 0 Å². The maximum absolute atomic E-state index is 13.1. The summed E-state index contributed by atoms with van der Waals surface area (Å²) in [4.78, 5) is 26.1. The van der Waals surface area contributed by atoms with Crippen LogP contribution in [0.1, 0.15) is 26.3 Å². The Hall–Kier alpha value is -4.60. The third-order valence-electron chi connectivity index (χ3n) is 5.60. The van der Waals surface area contributed by atoms with Crippen LogP contribution in [0.15, 0.2) is 42.5 Å². The van der Waals surface area contributed by atoms with Crippen molar-refractivity contribution in [2.24, 2.45) is 0 Å². The predicted molar refractivity (Wildman–Crippen MR) is 139 cm³/mol. The highest BCUT2D eigenvalue weighted by molar-refractivity contribution is 6.07. The molecule has 0 saturated heterocycles. The molecule has 0 unspecified atom stereocenters. The Morgan fingerprint density at radius 2 is 0.973 bits per heavy atom. The summed E-state index contributed by atoms with van der Waals surface area (Å²) < 4.78 is 32.0. The summed E-state index contributed by atoms with van der Waals surface area (Å²) in [5, 5.41) is 5.70. The van der Waals surface area contributed by atoms with Crippen molar-refractivity contribution in [1.29, 1.82) is 0 Å². The molecule has 2 N–H and O–H groups in total. The van der Waals surface area contributed by atoms with Crippen LogP contribution in [0.3, 0.4) is 0 Å². The van der Waals surface area contributed by atoms with Gasteiger partial charge in [0.25, 0.3) is 11.8 Å². The lowest BCUT2D eigenvalue weighted by Crippen LogP contribution is -2.15. The average molecular weight is 511 g/mol. The smallest absolute Gasteiger partial charge is 0.255 e. The van der Waals surface area contributed by atoms with Crippen molar-refractivity contribution >= 4 is 23.2 Å². The normalized spacial score (nSPS) is 10.2. The summed E-state index contributed by atoms with van der Waals surface area (Å²) in [6.45, 7) is 1.84. The zero-order valence-electron chi connectivity index (χ0n) is 21.8. The number of methoxy groups -OCH3 is 6. The molecule has 0 aromatic heterocycles. The third kappa shape index (κ3) is 5.80. The van der Waals surface area contributed by atoms with Crippen molar-refractivity contribution in [3.05, 3.63) is 59.2 Å². The van der Waals surface area contributed by atoms with Crippen LogP contribution in [-0.4, -0.2) is 54.5 Å². The number of anilines is 2. The lowest BCUT2D eigenvalue weighted by atomic mass is 10.1. The second-order valence-corrected chi connectivity index (χ2v) is 7.77. The van der Waals surface area contributed by atoms with Gasteiger partial charge >= 0.3 is 0 Å². The van der Waals surface area contributed by atoms with Crippen molar-refractivity contribution in [1.82, 2.24) is 0 Å². The van der Waals surface area contributed by atoms with E-state index in [1.165, 1.54) is 42.7 Å². The molecule has 3 rings (SSSR count). The van der Waals surface area contributed by atoms with E-state index in [1.807, 2.05) is 6.92 Å². The molecule has 37 heavy (non-hydrogen) atoms. The molecule has 0 atom stereocenters. The third-order valence-corrected chi connectivity index (χ3v) is 5.60. The minimum Gasteiger partial charge on any atom is -0.493 e. The quantitative estimate of drug-likeness (QED) is 0.408. The Balaban J connectivity index is 1.86. The monoisotopic (exact) mass is 510 g/mol. The molecule has 0 saturated carbocycles. The molecule has 10 nitrogen and oxygen atoms in total. The molecular weight excluding hydrogens is 480 g/mol. The van der Waals surface area contributed by atoms with E-state index in [-0.39, 0.29) is 0 Å². The van der Waals surface area contributed by atoms with Crippen LogP contribution in [0, 0.1) is 6.92 Å². The summed E-state index contributed by atoms with van der Waals surface area (Å²) >= 11 is 0. The summed E-state index contributed by atoms with van der Waals surface area (Å²) in [5.74, 6) is 1.40. The van der Waals surface area contributed by atoms with E-state index in [9.17, 15) is 9.59 Å². The standard InChI is InChI=1S/C27H30N2O8/c1-15-8-9-18(28-26(30)16-10-20(32-2)24(36-6)21(11-16)33-3)14-19(15)29-27(31)17-12-22(34-4)25(37-7)23(13-17)35-5/h8-14H,1-7H3,(H,28,30)(H,29,31).